The number of nitrogens with one attached hydrogen (secondary N) is 1. The lowest BCUT2D eigenvalue weighted by atomic mass is 9.86. The molecule has 3 nitrogen and oxygen atoms in total. The van der Waals surface area contributed by atoms with Gasteiger partial charge in [-0.3, -0.25) is 4.79 Å². The standard InChI is InChI=1S/C15H21NO2/c1-11-7-3-5-9-13(11)16-15(17)12-8-4-6-10-14(12)18-2/h4,6,8,10-11,13H,3,5,7,9H2,1-2H3,(H,16,17)/t11-,13+/m1/s1. The molecular weight excluding hydrogens is 226 g/mol. The fraction of sp³-hybridized carbons (Fsp3) is 0.533. The predicted molar refractivity (Wildman–Crippen MR) is 71.9 cm³/mol. The van der Waals surface area contributed by atoms with Crippen molar-refractivity contribution in [1.82, 2.24) is 5.32 Å². The second-order valence-corrected chi connectivity index (χ2v) is 5.04. The lowest BCUT2D eigenvalue weighted by molar-refractivity contribution is 0.0907. The number of carbonyl (C=O) groups excluding carboxylic acids is 1. The van der Waals surface area contributed by atoms with E-state index >= 15 is 0 Å². The molecular formula is C15H21NO2. The molecule has 0 aromatic heterocycles. The van der Waals surface area contributed by atoms with Crippen LogP contribution < -0.4 is 10.1 Å². The van der Waals surface area contributed by atoms with Crippen molar-refractivity contribution < 1.29 is 9.53 Å². The summed E-state index contributed by atoms with van der Waals surface area (Å²) < 4.78 is 5.22. The van der Waals surface area contributed by atoms with Gasteiger partial charge < -0.3 is 10.1 Å². The fourth-order valence-corrected chi connectivity index (χ4v) is 2.61. The Morgan fingerprint density at radius 3 is 2.72 bits per heavy atom. The third-order valence-corrected chi connectivity index (χ3v) is 3.78. The zero-order chi connectivity index (χ0) is 13.0. The molecule has 18 heavy (non-hydrogen) atoms. The summed E-state index contributed by atoms with van der Waals surface area (Å²) in [4.78, 5) is 12.2. The summed E-state index contributed by atoms with van der Waals surface area (Å²) in [6, 6.07) is 7.66. The lowest BCUT2D eigenvalue weighted by Crippen LogP contribution is -2.41. The van der Waals surface area contributed by atoms with E-state index in [0.717, 1.165) is 6.42 Å². The summed E-state index contributed by atoms with van der Waals surface area (Å²) in [6.45, 7) is 2.21. The topological polar surface area (TPSA) is 38.3 Å². The average molecular weight is 247 g/mol. The molecule has 0 bridgehead atoms. The van der Waals surface area contributed by atoms with Crippen molar-refractivity contribution in [3.8, 4) is 5.75 Å². The highest BCUT2D eigenvalue weighted by Gasteiger charge is 2.24. The van der Waals surface area contributed by atoms with Crippen molar-refractivity contribution in [2.24, 2.45) is 5.92 Å². The van der Waals surface area contributed by atoms with E-state index in [2.05, 4.69) is 12.2 Å². The maximum Gasteiger partial charge on any atom is 0.255 e. The van der Waals surface area contributed by atoms with Crippen molar-refractivity contribution in [2.75, 3.05) is 7.11 Å². The van der Waals surface area contributed by atoms with Gasteiger partial charge in [0.2, 0.25) is 0 Å². The number of ether oxygens (including phenoxy) is 1. The zero-order valence-corrected chi connectivity index (χ0v) is 11.1. The minimum atomic E-state index is -0.0220. The molecule has 1 aliphatic carbocycles. The van der Waals surface area contributed by atoms with E-state index in [9.17, 15) is 4.79 Å². The Hall–Kier alpha value is -1.51. The number of carbonyl (C=O) groups is 1. The van der Waals surface area contributed by atoms with Crippen molar-refractivity contribution in [3.05, 3.63) is 29.8 Å². The molecule has 0 radical (unpaired) electrons. The van der Waals surface area contributed by atoms with Crippen molar-refractivity contribution in [3.63, 3.8) is 0 Å². The molecule has 0 saturated heterocycles. The molecule has 1 N–H and O–H groups in total. The van der Waals surface area contributed by atoms with E-state index in [4.69, 9.17) is 4.74 Å². The van der Waals surface area contributed by atoms with Gasteiger partial charge in [0.1, 0.15) is 5.75 Å². The molecule has 1 aliphatic rings. The number of benzene rings is 1. The van der Waals surface area contributed by atoms with E-state index in [1.807, 2.05) is 24.3 Å². The molecule has 0 spiro atoms. The third-order valence-electron chi connectivity index (χ3n) is 3.78. The first-order chi connectivity index (χ1) is 8.72. The van der Waals surface area contributed by atoms with Gasteiger partial charge in [-0.2, -0.15) is 0 Å². The summed E-state index contributed by atoms with van der Waals surface area (Å²) in [5.41, 5.74) is 0.623. The normalized spacial score (nSPS) is 23.4. The molecule has 0 unspecified atom stereocenters. The van der Waals surface area contributed by atoms with Crippen LogP contribution in [0.2, 0.25) is 0 Å². The molecule has 0 heterocycles. The number of rotatable bonds is 3. The lowest BCUT2D eigenvalue weighted by Gasteiger charge is -2.29. The first-order valence-electron chi connectivity index (χ1n) is 6.66. The summed E-state index contributed by atoms with van der Waals surface area (Å²) in [6.07, 6.45) is 4.78. The van der Waals surface area contributed by atoms with E-state index < -0.39 is 0 Å². The Balaban J connectivity index is 2.07. The Labute approximate surface area is 109 Å². The van der Waals surface area contributed by atoms with Crippen LogP contribution >= 0.6 is 0 Å². The largest absolute Gasteiger partial charge is 0.496 e. The maximum absolute atomic E-state index is 12.2. The van der Waals surface area contributed by atoms with Gasteiger partial charge in [-0.25, -0.2) is 0 Å². The first kappa shape index (κ1) is 12.9. The fourth-order valence-electron chi connectivity index (χ4n) is 2.61. The zero-order valence-electron chi connectivity index (χ0n) is 11.1. The average Bonchev–Trinajstić information content (AvgIpc) is 2.41. The highest BCUT2D eigenvalue weighted by molar-refractivity contribution is 5.97. The second-order valence-electron chi connectivity index (χ2n) is 5.04. The maximum atomic E-state index is 12.2. The number of amides is 1. The predicted octanol–water partition coefficient (Wildman–Crippen LogP) is 3.00. The smallest absolute Gasteiger partial charge is 0.255 e. The molecule has 98 valence electrons. The molecule has 1 aromatic carbocycles. The monoisotopic (exact) mass is 247 g/mol. The molecule has 1 saturated carbocycles. The SMILES string of the molecule is COc1ccccc1C(=O)N[C@H]1CCCC[C@H]1C. The minimum Gasteiger partial charge on any atom is -0.496 e. The third kappa shape index (κ3) is 2.84. The summed E-state index contributed by atoms with van der Waals surface area (Å²) in [5, 5.41) is 3.14. The van der Waals surface area contributed by atoms with Crippen LogP contribution in [0.15, 0.2) is 24.3 Å². The Morgan fingerprint density at radius 1 is 1.28 bits per heavy atom. The summed E-state index contributed by atoms with van der Waals surface area (Å²) >= 11 is 0. The van der Waals surface area contributed by atoms with Gasteiger partial charge in [-0.15, -0.1) is 0 Å². The quantitative estimate of drug-likeness (QED) is 0.891. The van der Waals surface area contributed by atoms with Crippen LogP contribution in [-0.2, 0) is 0 Å². The van der Waals surface area contributed by atoms with Crippen molar-refractivity contribution in [2.45, 2.75) is 38.6 Å². The van der Waals surface area contributed by atoms with Crippen LogP contribution in [-0.4, -0.2) is 19.1 Å². The number of para-hydroxylation sites is 1. The number of hydrogen-bond donors (Lipinski definition) is 1. The molecule has 2 atom stereocenters. The van der Waals surface area contributed by atoms with Crippen molar-refractivity contribution >= 4 is 5.91 Å². The van der Waals surface area contributed by atoms with E-state index in [1.54, 1.807) is 7.11 Å². The molecule has 1 fully saturated rings. The van der Waals surface area contributed by atoms with Crippen LogP contribution in [0, 0.1) is 5.92 Å². The molecule has 3 heteroatoms. The Bertz CT molecular complexity index is 417. The van der Waals surface area contributed by atoms with Crippen LogP contribution in [0.5, 0.6) is 5.75 Å². The van der Waals surface area contributed by atoms with Gasteiger partial charge in [0.25, 0.3) is 5.91 Å². The first-order valence-corrected chi connectivity index (χ1v) is 6.66. The van der Waals surface area contributed by atoms with E-state index in [-0.39, 0.29) is 5.91 Å². The second kappa shape index (κ2) is 5.89. The molecule has 1 aromatic rings. The van der Waals surface area contributed by atoms with Gasteiger partial charge in [-0.05, 0) is 30.9 Å². The number of methoxy groups -OCH3 is 1. The Kier molecular flexibility index (Phi) is 4.24. The van der Waals surface area contributed by atoms with Crippen LogP contribution in [0.25, 0.3) is 0 Å². The molecule has 0 aliphatic heterocycles. The minimum absolute atomic E-state index is 0.0220. The summed E-state index contributed by atoms with van der Waals surface area (Å²) in [7, 11) is 1.59. The van der Waals surface area contributed by atoms with Crippen LogP contribution in [0.1, 0.15) is 43.0 Å². The van der Waals surface area contributed by atoms with Crippen molar-refractivity contribution in [1.29, 1.82) is 0 Å². The van der Waals surface area contributed by atoms with Gasteiger partial charge in [0.05, 0.1) is 12.7 Å². The van der Waals surface area contributed by atoms with Crippen LogP contribution in [0.3, 0.4) is 0 Å². The molecule has 1 amide bonds. The van der Waals surface area contributed by atoms with Gasteiger partial charge in [0.15, 0.2) is 0 Å². The van der Waals surface area contributed by atoms with Gasteiger partial charge >= 0.3 is 0 Å². The number of hydrogen-bond acceptors (Lipinski definition) is 2. The highest BCUT2D eigenvalue weighted by Crippen LogP contribution is 2.25. The highest BCUT2D eigenvalue weighted by atomic mass is 16.5. The molecule has 2 rings (SSSR count). The summed E-state index contributed by atoms with van der Waals surface area (Å²) in [5.74, 6) is 1.18. The van der Waals surface area contributed by atoms with Gasteiger partial charge in [-0.1, -0.05) is 31.9 Å². The van der Waals surface area contributed by atoms with E-state index in [1.165, 1.54) is 19.3 Å². The van der Waals surface area contributed by atoms with E-state index in [0.29, 0.717) is 23.3 Å². The van der Waals surface area contributed by atoms with Gasteiger partial charge in [0, 0.05) is 6.04 Å². The van der Waals surface area contributed by atoms with Crippen LogP contribution in [0.4, 0.5) is 0 Å². The Morgan fingerprint density at radius 2 is 2.00 bits per heavy atom.